The third kappa shape index (κ3) is 3.53. The van der Waals surface area contributed by atoms with Crippen molar-refractivity contribution in [3.05, 3.63) is 64.5 Å². The first kappa shape index (κ1) is 17.0. The molecular formula is C18H17F3Ti. The van der Waals surface area contributed by atoms with Crippen LogP contribution in [0, 0.1) is 17.5 Å². The molecule has 22 heavy (non-hydrogen) atoms. The first-order chi connectivity index (χ1) is 10.5. The molecule has 0 atom stereocenters. The summed E-state index contributed by atoms with van der Waals surface area (Å²) in [6.07, 6.45) is 2.71. The maximum atomic E-state index is 13.9. The number of benzene rings is 2. The topological polar surface area (TPSA) is 0 Å². The molecule has 0 N–H and O–H groups in total. The number of hydrogen-bond acceptors (Lipinski definition) is 0. The number of hydrogen-bond donors (Lipinski definition) is 0. The van der Waals surface area contributed by atoms with Gasteiger partial charge in [-0.1, -0.05) is 29.8 Å². The minimum absolute atomic E-state index is 0.163. The van der Waals surface area contributed by atoms with Crippen molar-refractivity contribution in [2.24, 2.45) is 0 Å². The van der Waals surface area contributed by atoms with Gasteiger partial charge in [0.15, 0.2) is 0 Å². The van der Waals surface area contributed by atoms with Gasteiger partial charge in [0.2, 0.25) is 0 Å². The SMILES string of the molecule is CC1=Cc2c(cccc2-c2c(F)cc(F)cc2F)C1.[CH3][Ti][CH3]. The number of allylic oxidation sites excluding steroid dienone is 1. The van der Waals surface area contributed by atoms with Gasteiger partial charge < -0.3 is 0 Å². The quantitative estimate of drug-likeness (QED) is 0.568. The van der Waals surface area contributed by atoms with Crippen LogP contribution in [0.15, 0.2) is 35.9 Å². The first-order valence-electron chi connectivity index (χ1n) is 7.00. The van der Waals surface area contributed by atoms with Crippen LogP contribution in [0.2, 0.25) is 10.5 Å². The molecule has 0 aliphatic heterocycles. The molecule has 0 radical (unpaired) electrons. The third-order valence-electron chi connectivity index (χ3n) is 3.33. The van der Waals surface area contributed by atoms with Gasteiger partial charge in [-0.3, -0.25) is 0 Å². The van der Waals surface area contributed by atoms with Crippen LogP contribution in [-0.4, -0.2) is 0 Å². The van der Waals surface area contributed by atoms with E-state index in [9.17, 15) is 13.2 Å². The van der Waals surface area contributed by atoms with Crippen LogP contribution in [0.4, 0.5) is 13.2 Å². The Morgan fingerprint density at radius 3 is 2.18 bits per heavy atom. The molecule has 0 nitrogen and oxygen atoms in total. The first-order valence-corrected chi connectivity index (χ1v) is 10.1. The van der Waals surface area contributed by atoms with Crippen molar-refractivity contribution in [2.75, 3.05) is 0 Å². The molecular weight excluding hydrogens is 321 g/mol. The predicted octanol–water partition coefficient (Wildman–Crippen LogP) is 5.90. The molecule has 0 saturated carbocycles. The van der Waals surface area contributed by atoms with E-state index in [1.54, 1.807) is 12.1 Å². The van der Waals surface area contributed by atoms with E-state index < -0.39 is 17.5 Å². The van der Waals surface area contributed by atoms with Crippen molar-refractivity contribution in [3.63, 3.8) is 0 Å². The summed E-state index contributed by atoms with van der Waals surface area (Å²) in [6, 6.07) is 6.79. The van der Waals surface area contributed by atoms with Gasteiger partial charge in [0.05, 0.1) is 5.56 Å². The van der Waals surface area contributed by atoms with Gasteiger partial charge in [-0.25, -0.2) is 13.2 Å². The van der Waals surface area contributed by atoms with E-state index in [4.69, 9.17) is 0 Å². The van der Waals surface area contributed by atoms with Crippen LogP contribution in [0.5, 0.6) is 0 Å². The molecule has 0 heterocycles. The fraction of sp³-hybridized carbons (Fsp3) is 0.222. The average Bonchev–Trinajstić information content (AvgIpc) is 2.79. The monoisotopic (exact) mass is 338 g/mol. The molecule has 1 aliphatic rings. The molecule has 0 spiro atoms. The fourth-order valence-corrected chi connectivity index (χ4v) is 2.55. The molecule has 0 unspecified atom stereocenters. The van der Waals surface area contributed by atoms with E-state index in [0.29, 0.717) is 36.8 Å². The minimum atomic E-state index is -0.905. The van der Waals surface area contributed by atoms with Gasteiger partial charge in [0.25, 0.3) is 0 Å². The molecule has 0 amide bonds. The Bertz CT molecular complexity index is 697. The van der Waals surface area contributed by atoms with Crippen molar-refractivity contribution in [1.82, 2.24) is 0 Å². The summed E-state index contributed by atoms with van der Waals surface area (Å²) in [5, 5.41) is 4.50. The molecule has 4 heteroatoms. The molecule has 2 aromatic carbocycles. The van der Waals surface area contributed by atoms with Crippen LogP contribution in [0.1, 0.15) is 18.1 Å². The normalized spacial score (nSPS) is 12.2. The van der Waals surface area contributed by atoms with E-state index in [2.05, 4.69) is 10.5 Å². The summed E-state index contributed by atoms with van der Waals surface area (Å²) >= 11 is 0.500. The second kappa shape index (κ2) is 7.30. The number of fused-ring (bicyclic) bond motifs is 1. The zero-order chi connectivity index (χ0) is 16.3. The van der Waals surface area contributed by atoms with Crippen LogP contribution < -0.4 is 0 Å². The van der Waals surface area contributed by atoms with Gasteiger partial charge in [-0.15, -0.1) is 0 Å². The van der Waals surface area contributed by atoms with Crippen LogP contribution in [0.25, 0.3) is 17.2 Å². The standard InChI is InChI=1S/C16H11F3.2CH3.Ti/c1-9-5-10-3-2-4-12(13(10)6-9)16-14(18)7-11(17)8-15(16)19;;;/h2-4,6-8H,5H2,1H3;2*1H3;. The Morgan fingerprint density at radius 2 is 1.59 bits per heavy atom. The molecule has 2 aromatic rings. The molecule has 0 aromatic heterocycles. The summed E-state index contributed by atoms with van der Waals surface area (Å²) in [5.41, 5.74) is 3.32. The molecule has 1 aliphatic carbocycles. The summed E-state index contributed by atoms with van der Waals surface area (Å²) in [6.45, 7) is 1.97. The number of rotatable bonds is 1. The van der Waals surface area contributed by atoms with Gasteiger partial charge in [0, 0.05) is 12.1 Å². The Balaban J connectivity index is 0.000000545. The van der Waals surface area contributed by atoms with Gasteiger partial charge >= 0.3 is 29.6 Å². The van der Waals surface area contributed by atoms with Crippen LogP contribution >= 0.6 is 0 Å². The summed E-state index contributed by atoms with van der Waals surface area (Å²) in [4.78, 5) is 0. The molecule has 114 valence electrons. The fourth-order valence-electron chi connectivity index (χ4n) is 2.55. The van der Waals surface area contributed by atoms with Crippen molar-refractivity contribution in [1.29, 1.82) is 0 Å². The van der Waals surface area contributed by atoms with Crippen molar-refractivity contribution in [2.45, 2.75) is 23.8 Å². The maximum absolute atomic E-state index is 13.9. The summed E-state index contributed by atoms with van der Waals surface area (Å²) in [7, 11) is 0. The second-order valence-corrected chi connectivity index (χ2v) is 6.85. The Morgan fingerprint density at radius 1 is 1.00 bits per heavy atom. The third-order valence-corrected chi connectivity index (χ3v) is 3.33. The Labute approximate surface area is 138 Å². The molecule has 0 bridgehead atoms. The van der Waals surface area contributed by atoms with Crippen LogP contribution in [-0.2, 0) is 25.6 Å². The van der Waals surface area contributed by atoms with Crippen molar-refractivity contribution in [3.8, 4) is 11.1 Å². The average molecular weight is 338 g/mol. The van der Waals surface area contributed by atoms with Gasteiger partial charge in [-0.2, -0.15) is 0 Å². The van der Waals surface area contributed by atoms with Crippen molar-refractivity contribution >= 4 is 6.08 Å². The summed E-state index contributed by atoms with van der Waals surface area (Å²) in [5.74, 6) is -2.65. The van der Waals surface area contributed by atoms with E-state index in [1.807, 2.05) is 19.1 Å². The second-order valence-electron chi connectivity index (χ2n) is 5.29. The van der Waals surface area contributed by atoms with Crippen LogP contribution in [0.3, 0.4) is 0 Å². The Kier molecular flexibility index (Phi) is 5.65. The van der Waals surface area contributed by atoms with Gasteiger partial charge in [-0.05, 0) is 30.0 Å². The predicted molar refractivity (Wildman–Crippen MR) is 80.8 cm³/mol. The number of halogens is 3. The van der Waals surface area contributed by atoms with E-state index in [0.717, 1.165) is 23.1 Å². The summed E-state index contributed by atoms with van der Waals surface area (Å²) < 4.78 is 40.7. The zero-order valence-electron chi connectivity index (χ0n) is 12.8. The van der Waals surface area contributed by atoms with E-state index in [-0.39, 0.29) is 5.56 Å². The van der Waals surface area contributed by atoms with Gasteiger partial charge in [0.1, 0.15) is 17.5 Å². The van der Waals surface area contributed by atoms with Crippen molar-refractivity contribution < 1.29 is 32.3 Å². The van der Waals surface area contributed by atoms with E-state index >= 15 is 0 Å². The molecule has 3 rings (SSSR count). The molecule has 0 fully saturated rings. The zero-order valence-corrected chi connectivity index (χ0v) is 14.4. The molecule has 0 saturated heterocycles. The Hall–Kier alpha value is -1.32. The van der Waals surface area contributed by atoms with E-state index in [1.165, 1.54) is 0 Å².